The van der Waals surface area contributed by atoms with E-state index in [-0.39, 0.29) is 18.7 Å². The molecule has 0 saturated heterocycles. The Labute approximate surface area is 240 Å². The molecule has 3 aromatic rings. The summed E-state index contributed by atoms with van der Waals surface area (Å²) in [4.78, 5) is 50.5. The van der Waals surface area contributed by atoms with Gasteiger partial charge >= 0.3 is 5.97 Å². The van der Waals surface area contributed by atoms with Crippen LogP contribution in [-0.4, -0.2) is 51.4 Å². The number of hydrogen-bond acceptors (Lipinski definition) is 9. The quantitative estimate of drug-likeness (QED) is 0.212. The molecular formula is C30H39N7O4. The molecule has 0 spiro atoms. The van der Waals surface area contributed by atoms with Crippen molar-refractivity contribution >= 4 is 40.9 Å². The standard InChI is InChI=1S/C30H39N7O4/c1-6-14-32-27-23(19-34-29(37-27)33-17-13-21-11-15-31-16-12-21)28(40)35-22-8-7-20(2)24(18-22)36-25(38)9-10-26(39)41-30(3,4)5/h7-8,11-12,15-16,18-19H,6,9-10,13-14,17H2,1-5H3,(H,35,40)(H,36,38)(H2,32,33,34,37). The molecule has 2 amide bonds. The van der Waals surface area contributed by atoms with Crippen LogP contribution in [-0.2, 0) is 20.7 Å². The summed E-state index contributed by atoms with van der Waals surface area (Å²) in [6, 6.07) is 9.13. The molecule has 2 heterocycles. The van der Waals surface area contributed by atoms with Gasteiger partial charge in [0.1, 0.15) is 17.0 Å². The lowest BCUT2D eigenvalue weighted by molar-refractivity contribution is -0.155. The number of ether oxygens (including phenoxy) is 1. The van der Waals surface area contributed by atoms with Crippen LogP contribution in [0.1, 0.15) is 68.4 Å². The second-order valence-electron chi connectivity index (χ2n) is 10.5. The molecule has 0 fully saturated rings. The summed E-state index contributed by atoms with van der Waals surface area (Å²) in [5.74, 6) is -0.309. The normalized spacial score (nSPS) is 11.0. The predicted octanol–water partition coefficient (Wildman–Crippen LogP) is 4.97. The van der Waals surface area contributed by atoms with Crippen LogP contribution >= 0.6 is 0 Å². The largest absolute Gasteiger partial charge is 0.460 e. The Morgan fingerprint density at radius 2 is 1.71 bits per heavy atom. The first-order valence-electron chi connectivity index (χ1n) is 13.7. The number of carbonyl (C=O) groups excluding carboxylic acids is 3. The Kier molecular flexibility index (Phi) is 11.1. The lowest BCUT2D eigenvalue weighted by Gasteiger charge is -2.19. The van der Waals surface area contributed by atoms with Gasteiger partial charge < -0.3 is 26.0 Å². The van der Waals surface area contributed by atoms with Crippen molar-refractivity contribution in [2.45, 2.75) is 65.9 Å². The van der Waals surface area contributed by atoms with Gasteiger partial charge in [-0.3, -0.25) is 19.4 Å². The van der Waals surface area contributed by atoms with Crippen LogP contribution in [0.2, 0.25) is 0 Å². The van der Waals surface area contributed by atoms with E-state index in [9.17, 15) is 14.4 Å². The maximum absolute atomic E-state index is 13.2. The van der Waals surface area contributed by atoms with E-state index in [1.165, 1.54) is 6.20 Å². The number of nitrogens with zero attached hydrogens (tertiary/aromatic N) is 3. The average molecular weight is 562 g/mol. The highest BCUT2D eigenvalue weighted by Crippen LogP contribution is 2.23. The van der Waals surface area contributed by atoms with Gasteiger partial charge in [0.15, 0.2) is 0 Å². The molecule has 1 aromatic carbocycles. The zero-order valence-electron chi connectivity index (χ0n) is 24.3. The molecule has 4 N–H and O–H groups in total. The first-order chi connectivity index (χ1) is 19.5. The summed E-state index contributed by atoms with van der Waals surface area (Å²) in [6.07, 6.45) is 6.58. The molecule has 2 aromatic heterocycles. The van der Waals surface area contributed by atoms with Crippen LogP contribution in [0.3, 0.4) is 0 Å². The third kappa shape index (κ3) is 10.5. The van der Waals surface area contributed by atoms with E-state index >= 15 is 0 Å². The monoisotopic (exact) mass is 561 g/mol. The Morgan fingerprint density at radius 1 is 0.951 bits per heavy atom. The van der Waals surface area contributed by atoms with Crippen molar-refractivity contribution in [3.05, 3.63) is 65.6 Å². The molecule has 0 radical (unpaired) electrons. The van der Waals surface area contributed by atoms with E-state index < -0.39 is 17.5 Å². The van der Waals surface area contributed by atoms with E-state index in [1.807, 2.05) is 26.0 Å². The molecule has 0 saturated carbocycles. The van der Waals surface area contributed by atoms with E-state index in [0.717, 1.165) is 24.0 Å². The number of hydrogen-bond donors (Lipinski definition) is 4. The van der Waals surface area contributed by atoms with Crippen molar-refractivity contribution in [2.24, 2.45) is 0 Å². The van der Waals surface area contributed by atoms with Crippen molar-refractivity contribution in [3.8, 4) is 0 Å². The number of amides is 2. The maximum Gasteiger partial charge on any atom is 0.306 e. The van der Waals surface area contributed by atoms with Crippen LogP contribution in [0, 0.1) is 6.92 Å². The number of rotatable bonds is 13. The maximum atomic E-state index is 13.2. The molecule has 3 rings (SSSR count). The molecular weight excluding hydrogens is 522 g/mol. The number of pyridine rings is 1. The molecule has 0 aliphatic heterocycles. The molecule has 218 valence electrons. The van der Waals surface area contributed by atoms with E-state index in [1.54, 1.807) is 51.4 Å². The number of benzene rings is 1. The fraction of sp³-hybridized carbons (Fsp3) is 0.400. The van der Waals surface area contributed by atoms with Gasteiger partial charge in [0.05, 0.1) is 6.42 Å². The fourth-order valence-electron chi connectivity index (χ4n) is 3.73. The van der Waals surface area contributed by atoms with Crippen LogP contribution in [0.25, 0.3) is 0 Å². The summed E-state index contributed by atoms with van der Waals surface area (Å²) in [5, 5.41) is 12.1. The fourth-order valence-corrected chi connectivity index (χ4v) is 3.73. The molecule has 41 heavy (non-hydrogen) atoms. The second-order valence-corrected chi connectivity index (χ2v) is 10.5. The van der Waals surface area contributed by atoms with Crippen LogP contribution in [0.4, 0.5) is 23.1 Å². The smallest absolute Gasteiger partial charge is 0.306 e. The van der Waals surface area contributed by atoms with Gasteiger partial charge in [-0.1, -0.05) is 13.0 Å². The van der Waals surface area contributed by atoms with E-state index in [4.69, 9.17) is 4.74 Å². The average Bonchev–Trinajstić information content (AvgIpc) is 2.92. The van der Waals surface area contributed by atoms with Gasteiger partial charge in [-0.2, -0.15) is 4.98 Å². The Balaban J connectivity index is 1.64. The van der Waals surface area contributed by atoms with Gasteiger partial charge in [-0.15, -0.1) is 0 Å². The van der Waals surface area contributed by atoms with Gasteiger partial charge in [-0.25, -0.2) is 4.98 Å². The van der Waals surface area contributed by atoms with Crippen molar-refractivity contribution in [2.75, 3.05) is 34.4 Å². The topological polar surface area (TPSA) is 147 Å². The number of aryl methyl sites for hydroxylation is 1. The molecule has 11 heteroatoms. The summed E-state index contributed by atoms with van der Waals surface area (Å²) in [7, 11) is 0. The Hall–Kier alpha value is -4.54. The van der Waals surface area contributed by atoms with Crippen molar-refractivity contribution < 1.29 is 19.1 Å². The predicted molar refractivity (Wildman–Crippen MR) is 160 cm³/mol. The molecule has 0 aliphatic rings. The third-order valence-electron chi connectivity index (χ3n) is 5.77. The zero-order valence-corrected chi connectivity index (χ0v) is 24.3. The lowest BCUT2D eigenvalue weighted by Crippen LogP contribution is -2.24. The first-order valence-corrected chi connectivity index (χ1v) is 13.7. The van der Waals surface area contributed by atoms with Crippen molar-refractivity contribution in [1.82, 2.24) is 15.0 Å². The highest BCUT2D eigenvalue weighted by molar-refractivity contribution is 6.07. The summed E-state index contributed by atoms with van der Waals surface area (Å²) in [5.41, 5.74) is 2.66. The summed E-state index contributed by atoms with van der Waals surface area (Å²) >= 11 is 0. The lowest BCUT2D eigenvalue weighted by atomic mass is 10.1. The van der Waals surface area contributed by atoms with Crippen LogP contribution < -0.4 is 21.3 Å². The van der Waals surface area contributed by atoms with Gasteiger partial charge in [-0.05, 0) is 75.9 Å². The van der Waals surface area contributed by atoms with Crippen LogP contribution in [0.5, 0.6) is 0 Å². The first kappa shape index (κ1) is 31.0. The molecule has 0 aliphatic carbocycles. The number of esters is 1. The number of nitrogens with one attached hydrogen (secondary N) is 4. The minimum absolute atomic E-state index is 0.0162. The number of carbonyl (C=O) groups is 3. The van der Waals surface area contributed by atoms with Crippen molar-refractivity contribution in [3.63, 3.8) is 0 Å². The number of anilines is 4. The van der Waals surface area contributed by atoms with Crippen LogP contribution in [0.15, 0.2) is 48.9 Å². The zero-order chi connectivity index (χ0) is 29.8. The summed E-state index contributed by atoms with van der Waals surface area (Å²) in [6.45, 7) is 10.5. The molecule has 11 nitrogen and oxygen atoms in total. The Morgan fingerprint density at radius 3 is 2.41 bits per heavy atom. The van der Waals surface area contributed by atoms with Crippen molar-refractivity contribution in [1.29, 1.82) is 0 Å². The summed E-state index contributed by atoms with van der Waals surface area (Å²) < 4.78 is 5.26. The van der Waals surface area contributed by atoms with E-state index in [0.29, 0.717) is 41.8 Å². The minimum Gasteiger partial charge on any atom is -0.460 e. The SMILES string of the molecule is CCCNc1nc(NCCc2ccncc2)ncc1C(=O)Nc1ccc(C)c(NC(=O)CCC(=O)OC(C)(C)C)c1. The van der Waals surface area contributed by atoms with Gasteiger partial charge in [0.2, 0.25) is 11.9 Å². The molecule has 0 atom stereocenters. The second kappa shape index (κ2) is 14.7. The molecule has 0 bridgehead atoms. The molecule has 0 unspecified atom stereocenters. The highest BCUT2D eigenvalue weighted by Gasteiger charge is 2.18. The van der Waals surface area contributed by atoms with Gasteiger partial charge in [0, 0.05) is 49.5 Å². The Bertz CT molecular complexity index is 1340. The van der Waals surface area contributed by atoms with Gasteiger partial charge in [0.25, 0.3) is 5.91 Å². The highest BCUT2D eigenvalue weighted by atomic mass is 16.6. The third-order valence-corrected chi connectivity index (χ3v) is 5.77. The minimum atomic E-state index is -0.606. The number of aromatic nitrogens is 3. The van der Waals surface area contributed by atoms with E-state index in [2.05, 4.69) is 36.2 Å².